The van der Waals surface area contributed by atoms with Crippen molar-refractivity contribution >= 4 is 0 Å². The molecule has 1 heteroatoms. The van der Waals surface area contributed by atoms with Gasteiger partial charge in [-0.15, -0.1) is 6.58 Å². The first-order chi connectivity index (χ1) is 8.72. The highest BCUT2D eigenvalue weighted by Crippen LogP contribution is 2.11. The summed E-state index contributed by atoms with van der Waals surface area (Å²) >= 11 is 0. The first-order valence-electron chi connectivity index (χ1n) is 7.14. The van der Waals surface area contributed by atoms with Crippen molar-refractivity contribution in [1.29, 1.82) is 0 Å². The average Bonchev–Trinajstić information content (AvgIpc) is 2.39. The fraction of sp³-hybridized carbons (Fsp3) is 0.529. The van der Waals surface area contributed by atoms with E-state index in [0.29, 0.717) is 6.04 Å². The zero-order valence-electron chi connectivity index (χ0n) is 11.9. The summed E-state index contributed by atoms with van der Waals surface area (Å²) < 4.78 is 0. The van der Waals surface area contributed by atoms with Crippen LogP contribution in [0, 0.1) is 0 Å². The van der Waals surface area contributed by atoms with Gasteiger partial charge in [0.1, 0.15) is 0 Å². The maximum absolute atomic E-state index is 4.00. The lowest BCUT2D eigenvalue weighted by atomic mass is 10.00. The molecule has 0 aliphatic heterocycles. The Balaban J connectivity index is 2.37. The van der Waals surface area contributed by atoms with Gasteiger partial charge in [0.25, 0.3) is 0 Å². The molecule has 1 N–H and O–H groups in total. The molecule has 1 rings (SSSR count). The van der Waals surface area contributed by atoms with Crippen LogP contribution in [0.5, 0.6) is 0 Å². The number of hydrogen-bond acceptors (Lipinski definition) is 1. The first-order valence-corrected chi connectivity index (χ1v) is 7.14. The Morgan fingerprint density at radius 2 is 1.94 bits per heavy atom. The van der Waals surface area contributed by atoms with Crippen molar-refractivity contribution in [2.75, 3.05) is 6.54 Å². The molecular weight excluding hydrogens is 218 g/mol. The van der Waals surface area contributed by atoms with E-state index < -0.39 is 0 Å². The van der Waals surface area contributed by atoms with E-state index in [1.807, 2.05) is 0 Å². The Morgan fingerprint density at radius 1 is 1.22 bits per heavy atom. The van der Waals surface area contributed by atoms with Crippen LogP contribution in [0.2, 0.25) is 0 Å². The van der Waals surface area contributed by atoms with E-state index in [1.54, 1.807) is 0 Å². The third kappa shape index (κ3) is 6.61. The van der Waals surface area contributed by atoms with Gasteiger partial charge in [-0.2, -0.15) is 0 Å². The molecule has 0 fully saturated rings. The van der Waals surface area contributed by atoms with E-state index in [0.717, 1.165) is 13.0 Å². The Hall–Kier alpha value is -1.08. The lowest BCUT2D eigenvalue weighted by molar-refractivity contribution is 0.452. The van der Waals surface area contributed by atoms with Crippen LogP contribution in [0.25, 0.3) is 0 Å². The van der Waals surface area contributed by atoms with Gasteiger partial charge in [0.2, 0.25) is 0 Å². The number of rotatable bonds is 9. The summed E-state index contributed by atoms with van der Waals surface area (Å²) in [6.07, 6.45) is 5.93. The topological polar surface area (TPSA) is 12.0 Å². The Kier molecular flexibility index (Phi) is 7.43. The maximum Gasteiger partial charge on any atom is 0.00732 e. The van der Waals surface area contributed by atoms with E-state index in [-0.39, 0.29) is 0 Å². The van der Waals surface area contributed by atoms with Gasteiger partial charge in [0, 0.05) is 6.04 Å². The van der Waals surface area contributed by atoms with E-state index in [1.165, 1.54) is 36.8 Å². The molecule has 0 saturated carbocycles. The molecule has 0 aliphatic carbocycles. The van der Waals surface area contributed by atoms with Gasteiger partial charge < -0.3 is 5.32 Å². The molecule has 1 atom stereocenters. The highest BCUT2D eigenvalue weighted by atomic mass is 14.9. The highest BCUT2D eigenvalue weighted by molar-refractivity contribution is 5.14. The summed E-state index contributed by atoms with van der Waals surface area (Å²) in [6.45, 7) is 9.46. The van der Waals surface area contributed by atoms with Crippen LogP contribution in [0.15, 0.2) is 42.5 Å². The molecule has 1 unspecified atom stereocenters. The van der Waals surface area contributed by atoms with Crippen LogP contribution >= 0.6 is 0 Å². The summed E-state index contributed by atoms with van der Waals surface area (Å²) in [5.74, 6) is 0. The first kappa shape index (κ1) is 15.0. The summed E-state index contributed by atoms with van der Waals surface area (Å²) in [7, 11) is 0. The normalized spacial score (nSPS) is 12.3. The molecule has 18 heavy (non-hydrogen) atoms. The summed E-state index contributed by atoms with van der Waals surface area (Å²) in [5, 5.41) is 3.65. The molecular formula is C17H27N. The summed E-state index contributed by atoms with van der Waals surface area (Å²) in [6, 6.07) is 11.4. The van der Waals surface area contributed by atoms with Crippen LogP contribution in [0.4, 0.5) is 0 Å². The van der Waals surface area contributed by atoms with Crippen molar-refractivity contribution < 1.29 is 0 Å². The van der Waals surface area contributed by atoms with Gasteiger partial charge in [0.05, 0.1) is 0 Å². The van der Waals surface area contributed by atoms with Gasteiger partial charge in [-0.05, 0) is 51.1 Å². The van der Waals surface area contributed by atoms with E-state index in [4.69, 9.17) is 0 Å². The molecule has 0 amide bonds. The van der Waals surface area contributed by atoms with Crippen LogP contribution in [0.3, 0.4) is 0 Å². The Morgan fingerprint density at radius 3 is 2.56 bits per heavy atom. The number of benzene rings is 1. The van der Waals surface area contributed by atoms with E-state index >= 15 is 0 Å². The fourth-order valence-corrected chi connectivity index (χ4v) is 2.10. The SMILES string of the molecule is C=C(C)CCC(CCc1ccccc1)NCCC. The molecule has 1 nitrogen and oxygen atoms in total. The molecule has 1 aromatic rings. The van der Waals surface area contributed by atoms with Crippen molar-refractivity contribution in [3.63, 3.8) is 0 Å². The smallest absolute Gasteiger partial charge is 0.00732 e. The zero-order valence-corrected chi connectivity index (χ0v) is 11.9. The van der Waals surface area contributed by atoms with Gasteiger partial charge in [-0.1, -0.05) is 42.8 Å². The van der Waals surface area contributed by atoms with Crippen molar-refractivity contribution in [1.82, 2.24) is 5.32 Å². The number of nitrogens with one attached hydrogen (secondary N) is 1. The van der Waals surface area contributed by atoms with Crippen LogP contribution in [-0.2, 0) is 6.42 Å². The van der Waals surface area contributed by atoms with Gasteiger partial charge in [-0.3, -0.25) is 0 Å². The molecule has 0 aliphatic rings. The summed E-state index contributed by atoms with van der Waals surface area (Å²) in [5.41, 5.74) is 2.73. The fourth-order valence-electron chi connectivity index (χ4n) is 2.10. The summed E-state index contributed by atoms with van der Waals surface area (Å²) in [4.78, 5) is 0. The van der Waals surface area contributed by atoms with Gasteiger partial charge in [-0.25, -0.2) is 0 Å². The molecule has 1 aromatic carbocycles. The molecule has 0 saturated heterocycles. The standard InChI is InChI=1S/C17H27N/c1-4-14-18-17(12-10-15(2)3)13-11-16-8-6-5-7-9-16/h5-9,17-18H,2,4,10-14H2,1,3H3. The molecule has 0 heterocycles. The molecule has 100 valence electrons. The molecule has 0 aromatic heterocycles. The molecule has 0 radical (unpaired) electrons. The van der Waals surface area contributed by atoms with E-state index in [9.17, 15) is 0 Å². The number of allylic oxidation sites excluding steroid dienone is 1. The second-order valence-corrected chi connectivity index (χ2v) is 5.17. The predicted molar refractivity (Wildman–Crippen MR) is 80.9 cm³/mol. The van der Waals surface area contributed by atoms with Crippen molar-refractivity contribution in [2.45, 2.75) is 52.0 Å². The Labute approximate surface area is 112 Å². The van der Waals surface area contributed by atoms with Crippen molar-refractivity contribution in [3.8, 4) is 0 Å². The quantitative estimate of drug-likeness (QED) is 0.638. The monoisotopic (exact) mass is 245 g/mol. The number of aryl methyl sites for hydroxylation is 1. The predicted octanol–water partition coefficient (Wildman–Crippen LogP) is 4.34. The second kappa shape index (κ2) is 8.93. The Bertz CT molecular complexity index is 329. The highest BCUT2D eigenvalue weighted by Gasteiger charge is 2.07. The van der Waals surface area contributed by atoms with Crippen LogP contribution in [-0.4, -0.2) is 12.6 Å². The third-order valence-corrected chi connectivity index (χ3v) is 3.23. The molecule has 0 spiro atoms. The maximum atomic E-state index is 4.00. The minimum atomic E-state index is 0.627. The largest absolute Gasteiger partial charge is 0.314 e. The van der Waals surface area contributed by atoms with Crippen molar-refractivity contribution in [2.24, 2.45) is 0 Å². The third-order valence-electron chi connectivity index (χ3n) is 3.23. The average molecular weight is 245 g/mol. The lowest BCUT2D eigenvalue weighted by Crippen LogP contribution is -2.30. The minimum Gasteiger partial charge on any atom is -0.314 e. The van der Waals surface area contributed by atoms with Crippen LogP contribution < -0.4 is 5.32 Å². The minimum absolute atomic E-state index is 0.627. The molecule has 0 bridgehead atoms. The number of hydrogen-bond donors (Lipinski definition) is 1. The van der Waals surface area contributed by atoms with Crippen molar-refractivity contribution in [3.05, 3.63) is 48.0 Å². The van der Waals surface area contributed by atoms with Gasteiger partial charge in [0.15, 0.2) is 0 Å². The van der Waals surface area contributed by atoms with E-state index in [2.05, 4.69) is 56.1 Å². The van der Waals surface area contributed by atoms with Gasteiger partial charge >= 0.3 is 0 Å². The van der Waals surface area contributed by atoms with Crippen LogP contribution in [0.1, 0.15) is 45.1 Å². The second-order valence-electron chi connectivity index (χ2n) is 5.17. The zero-order chi connectivity index (χ0) is 13.2. The lowest BCUT2D eigenvalue weighted by Gasteiger charge is -2.18.